The number of anilines is 1. The molecule has 32 heavy (non-hydrogen) atoms. The van der Waals surface area contributed by atoms with Crippen LogP contribution in [-0.4, -0.2) is 37.4 Å². The van der Waals surface area contributed by atoms with Crippen molar-refractivity contribution in [1.82, 2.24) is 0 Å². The van der Waals surface area contributed by atoms with Crippen LogP contribution in [0, 0.1) is 0 Å². The number of hydrogen-bond acceptors (Lipinski definition) is 6. The number of hydrogen-bond donors (Lipinski definition) is 0. The number of Topliss-reactive ketones (excluding diaryl/α,β-unsaturated/α-hetero) is 1. The lowest BCUT2D eigenvalue weighted by Gasteiger charge is -2.25. The maximum atomic E-state index is 12.7. The Kier molecular flexibility index (Phi) is 6.71. The number of ether oxygens (including phenoxy) is 1. The number of esters is 1. The largest absolute Gasteiger partial charge is 0.465 e. The topological polar surface area (TPSA) is 63.7 Å². The summed E-state index contributed by atoms with van der Waals surface area (Å²) < 4.78 is 4.72. The Labute approximate surface area is 191 Å². The van der Waals surface area contributed by atoms with Gasteiger partial charge >= 0.3 is 5.97 Å². The van der Waals surface area contributed by atoms with Gasteiger partial charge in [-0.1, -0.05) is 42.5 Å². The van der Waals surface area contributed by atoms with Crippen LogP contribution < -0.4 is 4.90 Å². The summed E-state index contributed by atoms with van der Waals surface area (Å²) >= 11 is 1.68. The molecule has 1 aliphatic heterocycles. The van der Waals surface area contributed by atoms with E-state index in [9.17, 15) is 14.4 Å². The van der Waals surface area contributed by atoms with Gasteiger partial charge in [0.25, 0.3) is 0 Å². The van der Waals surface area contributed by atoms with Crippen molar-refractivity contribution >= 4 is 35.5 Å². The van der Waals surface area contributed by atoms with E-state index in [1.165, 1.54) is 7.11 Å². The first kappa shape index (κ1) is 21.8. The molecule has 0 N–H and O–H groups in total. The molecule has 0 aromatic heterocycles. The van der Waals surface area contributed by atoms with Crippen molar-refractivity contribution in [3.63, 3.8) is 0 Å². The zero-order valence-corrected chi connectivity index (χ0v) is 18.5. The number of carbonyl (C=O) groups excluding carboxylic acids is 3. The average Bonchev–Trinajstić information content (AvgIpc) is 3.16. The molecule has 1 atom stereocenters. The normalized spacial score (nSPS) is 13.5. The van der Waals surface area contributed by atoms with Gasteiger partial charge in [0.05, 0.1) is 19.2 Å². The van der Waals surface area contributed by atoms with Crippen molar-refractivity contribution < 1.29 is 19.1 Å². The van der Waals surface area contributed by atoms with Crippen LogP contribution in [0.1, 0.15) is 37.9 Å². The van der Waals surface area contributed by atoms with E-state index in [1.54, 1.807) is 23.9 Å². The van der Waals surface area contributed by atoms with E-state index in [4.69, 9.17) is 4.74 Å². The van der Waals surface area contributed by atoms with Crippen LogP contribution >= 0.6 is 11.8 Å². The molecule has 1 heterocycles. The molecule has 4 rings (SSSR count). The van der Waals surface area contributed by atoms with E-state index in [1.807, 2.05) is 65.6 Å². The Morgan fingerprint density at radius 2 is 1.84 bits per heavy atom. The zero-order chi connectivity index (χ0) is 22.5. The smallest absolute Gasteiger partial charge is 0.337 e. The molecule has 0 saturated carbocycles. The highest BCUT2D eigenvalue weighted by Gasteiger charge is 2.32. The number of methoxy groups -OCH3 is 1. The third-order valence-electron chi connectivity index (χ3n) is 5.53. The van der Waals surface area contributed by atoms with Gasteiger partial charge in [-0.15, -0.1) is 11.8 Å². The average molecular weight is 446 g/mol. The first-order valence-corrected chi connectivity index (χ1v) is 11.3. The summed E-state index contributed by atoms with van der Waals surface area (Å²) in [5, 5.41) is 0. The fourth-order valence-corrected chi connectivity index (χ4v) is 4.79. The third kappa shape index (κ3) is 4.60. The summed E-state index contributed by atoms with van der Waals surface area (Å²) in [5.41, 5.74) is 4.01. The lowest BCUT2D eigenvalue weighted by Crippen LogP contribution is -2.29. The first-order valence-electron chi connectivity index (χ1n) is 10.3. The second-order valence-electron chi connectivity index (χ2n) is 7.51. The molecule has 162 valence electrons. The summed E-state index contributed by atoms with van der Waals surface area (Å²) in [7, 11) is 1.37. The highest BCUT2D eigenvalue weighted by Crippen LogP contribution is 2.36. The molecule has 1 unspecified atom stereocenters. The Morgan fingerprint density at radius 3 is 2.53 bits per heavy atom. The van der Waals surface area contributed by atoms with E-state index in [0.29, 0.717) is 11.1 Å². The number of rotatable bonds is 8. The van der Waals surface area contributed by atoms with Crippen LogP contribution in [0.4, 0.5) is 5.69 Å². The van der Waals surface area contributed by atoms with Gasteiger partial charge < -0.3 is 14.4 Å². The molecule has 3 aromatic rings. The van der Waals surface area contributed by atoms with Crippen LogP contribution in [0.2, 0.25) is 0 Å². The SMILES string of the molecule is COC(=O)c1ccc(CCSc2ccc3c(c2)C(=O)CN3C(C=O)c2ccccc2)cc1. The number of ketones is 1. The van der Waals surface area contributed by atoms with Gasteiger partial charge in [-0.05, 0) is 47.9 Å². The lowest BCUT2D eigenvalue weighted by atomic mass is 10.1. The molecule has 0 saturated heterocycles. The van der Waals surface area contributed by atoms with E-state index in [0.717, 1.165) is 40.2 Å². The molecule has 0 fully saturated rings. The Balaban J connectivity index is 1.43. The van der Waals surface area contributed by atoms with Crippen LogP contribution in [0.5, 0.6) is 0 Å². The van der Waals surface area contributed by atoms with Gasteiger partial charge in [-0.25, -0.2) is 4.79 Å². The molecule has 1 aliphatic rings. The molecular formula is C26H23NO4S. The van der Waals surface area contributed by atoms with E-state index in [2.05, 4.69) is 0 Å². The molecule has 0 aliphatic carbocycles. The fraction of sp³-hybridized carbons (Fsp3) is 0.192. The van der Waals surface area contributed by atoms with Crippen molar-refractivity contribution in [2.45, 2.75) is 17.4 Å². The highest BCUT2D eigenvalue weighted by molar-refractivity contribution is 7.99. The number of aryl methyl sites for hydroxylation is 1. The van der Waals surface area contributed by atoms with Crippen molar-refractivity contribution in [3.8, 4) is 0 Å². The van der Waals surface area contributed by atoms with Gasteiger partial charge in [0, 0.05) is 21.9 Å². The summed E-state index contributed by atoms with van der Waals surface area (Å²) in [4.78, 5) is 39.0. The third-order valence-corrected chi connectivity index (χ3v) is 6.53. The van der Waals surface area contributed by atoms with Crippen LogP contribution in [0.25, 0.3) is 0 Å². The molecule has 5 nitrogen and oxygen atoms in total. The number of thioether (sulfide) groups is 1. The molecular weight excluding hydrogens is 422 g/mol. The number of aldehydes is 1. The second kappa shape index (κ2) is 9.83. The molecule has 0 bridgehead atoms. The summed E-state index contributed by atoms with van der Waals surface area (Å²) in [6.07, 6.45) is 1.73. The highest BCUT2D eigenvalue weighted by atomic mass is 32.2. The predicted octanol–water partition coefficient (Wildman–Crippen LogP) is 4.75. The molecule has 0 spiro atoms. The Bertz CT molecular complexity index is 1130. The minimum atomic E-state index is -0.479. The predicted molar refractivity (Wildman–Crippen MR) is 126 cm³/mol. The van der Waals surface area contributed by atoms with Crippen molar-refractivity contribution in [3.05, 3.63) is 95.1 Å². The Morgan fingerprint density at radius 1 is 1.09 bits per heavy atom. The molecule has 0 amide bonds. The Hall–Kier alpha value is -3.38. The minimum absolute atomic E-state index is 0.0311. The number of nitrogens with zero attached hydrogens (tertiary/aromatic N) is 1. The summed E-state index contributed by atoms with van der Waals surface area (Å²) in [5.74, 6) is 0.533. The van der Waals surface area contributed by atoms with Crippen molar-refractivity contribution in [2.24, 2.45) is 0 Å². The minimum Gasteiger partial charge on any atom is -0.465 e. The lowest BCUT2D eigenvalue weighted by molar-refractivity contribution is -0.109. The standard InChI is InChI=1S/C26H23NO4S/c1-31-26(30)20-9-7-18(8-10-20)13-14-32-21-11-12-23-22(15-21)25(29)16-27(23)24(17-28)19-5-3-2-4-6-19/h2-12,15,17,24H,13-14,16H2,1H3. The summed E-state index contributed by atoms with van der Waals surface area (Å²) in [6, 6.07) is 22.3. The number of fused-ring (bicyclic) bond motifs is 1. The van der Waals surface area contributed by atoms with Crippen molar-refractivity contribution in [2.75, 3.05) is 24.3 Å². The first-order chi connectivity index (χ1) is 15.6. The van der Waals surface area contributed by atoms with Gasteiger partial charge in [0.2, 0.25) is 0 Å². The maximum absolute atomic E-state index is 12.7. The van der Waals surface area contributed by atoms with E-state index < -0.39 is 6.04 Å². The van der Waals surface area contributed by atoms with Crippen molar-refractivity contribution in [1.29, 1.82) is 0 Å². The quantitative estimate of drug-likeness (QED) is 0.283. The fourth-order valence-electron chi connectivity index (χ4n) is 3.85. The molecule has 0 radical (unpaired) electrons. The van der Waals surface area contributed by atoms with Gasteiger partial charge in [-0.2, -0.15) is 0 Å². The number of carbonyl (C=O) groups is 3. The second-order valence-corrected chi connectivity index (χ2v) is 8.68. The van der Waals surface area contributed by atoms with Gasteiger partial charge in [-0.3, -0.25) is 4.79 Å². The molecule has 3 aromatic carbocycles. The zero-order valence-electron chi connectivity index (χ0n) is 17.7. The van der Waals surface area contributed by atoms with Crippen LogP contribution in [-0.2, 0) is 16.0 Å². The van der Waals surface area contributed by atoms with Gasteiger partial charge in [0.15, 0.2) is 5.78 Å². The maximum Gasteiger partial charge on any atom is 0.337 e. The van der Waals surface area contributed by atoms with E-state index in [-0.39, 0.29) is 18.3 Å². The monoisotopic (exact) mass is 445 g/mol. The van der Waals surface area contributed by atoms with Gasteiger partial charge in [0.1, 0.15) is 12.3 Å². The number of benzene rings is 3. The molecule has 6 heteroatoms. The summed E-state index contributed by atoms with van der Waals surface area (Å²) in [6.45, 7) is 0.203. The van der Waals surface area contributed by atoms with Crippen LogP contribution in [0.15, 0.2) is 77.7 Å². The van der Waals surface area contributed by atoms with E-state index >= 15 is 0 Å². The van der Waals surface area contributed by atoms with Crippen LogP contribution in [0.3, 0.4) is 0 Å².